The van der Waals surface area contributed by atoms with Crippen molar-refractivity contribution < 1.29 is 34.2 Å². The third-order valence-electron chi connectivity index (χ3n) is 6.47. The number of aromatic nitrogens is 1. The van der Waals surface area contributed by atoms with Crippen molar-refractivity contribution in [2.24, 2.45) is 0 Å². The van der Waals surface area contributed by atoms with E-state index >= 15 is 0 Å². The molecule has 0 aliphatic rings. The Balaban J connectivity index is 0.00000736. The van der Waals surface area contributed by atoms with Crippen LogP contribution < -0.4 is 16.4 Å². The number of benzene rings is 2. The second-order valence-corrected chi connectivity index (χ2v) is 10.0. The molecule has 1 heterocycles. The number of nitrogens with two attached hydrogens (primary N) is 1. The van der Waals surface area contributed by atoms with Gasteiger partial charge in [-0.1, -0.05) is 30.3 Å². The van der Waals surface area contributed by atoms with Crippen LogP contribution in [0.25, 0.3) is 0 Å². The van der Waals surface area contributed by atoms with Gasteiger partial charge < -0.3 is 35.7 Å². The number of halogens is 3. The van der Waals surface area contributed by atoms with E-state index in [1.807, 2.05) is 24.1 Å². The van der Waals surface area contributed by atoms with E-state index in [-0.39, 0.29) is 62.7 Å². The SMILES string of the molecule is CN(CCCCC(CO[N+](=O)[O-])O[N+](=O)[O-])Cc1ccc(COC(=O)NCc2ccc(C(=O)Nc3ccccc3N)cc2)cn1.Cl.Cl.Cl. The number of rotatable bonds is 18. The Kier molecular flexibility index (Phi) is 20.6. The molecular formula is C29H38Cl3N7O9. The highest BCUT2D eigenvalue weighted by Crippen LogP contribution is 2.18. The third-order valence-corrected chi connectivity index (χ3v) is 6.47. The standard InChI is InChI=1S/C29H35N7O9.3ClH/c1-34(15-5-4-6-25(45-36(41)42)20-44-35(39)40)18-24-14-11-22(17-31-24)19-43-29(38)32-16-21-9-12-23(13-10-21)28(37)33-27-8-3-2-7-26(27)30;;;/h2-3,7-14,17,25H,4-6,15-16,18-20,30H2,1H3,(H,32,38)(H,33,37);3*1H. The fourth-order valence-electron chi connectivity index (χ4n) is 4.13. The van der Waals surface area contributed by atoms with E-state index in [0.717, 1.165) is 11.3 Å². The molecule has 1 aromatic heterocycles. The predicted molar refractivity (Wildman–Crippen MR) is 183 cm³/mol. The third kappa shape index (κ3) is 16.3. The first-order valence-electron chi connectivity index (χ1n) is 13.9. The van der Waals surface area contributed by atoms with E-state index < -0.39 is 29.0 Å². The molecule has 1 unspecified atom stereocenters. The molecule has 0 aliphatic carbocycles. The Labute approximate surface area is 295 Å². The summed E-state index contributed by atoms with van der Waals surface area (Å²) in [6, 6.07) is 17.4. The number of hydrogen-bond acceptors (Lipinski definition) is 12. The van der Waals surface area contributed by atoms with E-state index in [9.17, 15) is 29.8 Å². The Bertz CT molecular complexity index is 1440. The van der Waals surface area contributed by atoms with E-state index in [1.165, 1.54) is 0 Å². The Morgan fingerprint density at radius 3 is 2.27 bits per heavy atom. The molecule has 1 atom stereocenters. The van der Waals surface area contributed by atoms with Gasteiger partial charge in [0.2, 0.25) is 0 Å². The molecule has 16 nitrogen and oxygen atoms in total. The van der Waals surface area contributed by atoms with Crippen LogP contribution in [-0.4, -0.2) is 58.4 Å². The molecule has 264 valence electrons. The first kappa shape index (κ1) is 43.4. The number of unbranched alkanes of at least 4 members (excludes halogenated alkanes) is 1. The first-order valence-corrected chi connectivity index (χ1v) is 13.9. The van der Waals surface area contributed by atoms with E-state index in [0.29, 0.717) is 48.4 Å². The van der Waals surface area contributed by atoms with Gasteiger partial charge in [0.1, 0.15) is 19.3 Å². The van der Waals surface area contributed by atoms with E-state index in [2.05, 4.69) is 25.3 Å². The summed E-state index contributed by atoms with van der Waals surface area (Å²) in [6.45, 7) is 0.942. The van der Waals surface area contributed by atoms with Gasteiger partial charge in [-0.05, 0) is 68.8 Å². The van der Waals surface area contributed by atoms with Gasteiger partial charge in [-0.25, -0.2) is 4.79 Å². The van der Waals surface area contributed by atoms with Crippen LogP contribution in [0.3, 0.4) is 0 Å². The molecule has 3 rings (SSSR count). The number of pyridine rings is 1. The van der Waals surface area contributed by atoms with Gasteiger partial charge in [-0.2, -0.15) is 0 Å². The van der Waals surface area contributed by atoms with Crippen LogP contribution >= 0.6 is 37.2 Å². The highest BCUT2D eigenvalue weighted by atomic mass is 35.5. The molecule has 19 heteroatoms. The summed E-state index contributed by atoms with van der Waals surface area (Å²) in [7, 11) is 1.90. The Morgan fingerprint density at radius 2 is 1.65 bits per heavy atom. The monoisotopic (exact) mass is 733 g/mol. The number of nitrogens with one attached hydrogen (secondary N) is 2. The average Bonchev–Trinajstić information content (AvgIpc) is 3.01. The molecule has 0 saturated heterocycles. The van der Waals surface area contributed by atoms with Crippen LogP contribution in [-0.2, 0) is 34.1 Å². The van der Waals surface area contributed by atoms with Crippen molar-refractivity contribution in [1.29, 1.82) is 0 Å². The average molecular weight is 735 g/mol. The second-order valence-electron chi connectivity index (χ2n) is 10.0. The fraction of sp³-hybridized carbons (Fsp3) is 0.345. The van der Waals surface area contributed by atoms with E-state index in [1.54, 1.807) is 54.7 Å². The first-order chi connectivity index (χ1) is 21.6. The zero-order chi connectivity index (χ0) is 32.6. The quantitative estimate of drug-likeness (QED) is 0.0682. The second kappa shape index (κ2) is 22.8. The molecule has 0 bridgehead atoms. The molecule has 4 N–H and O–H groups in total. The lowest BCUT2D eigenvalue weighted by molar-refractivity contribution is -0.790. The van der Waals surface area contributed by atoms with Crippen LogP contribution in [0, 0.1) is 20.2 Å². The van der Waals surface area contributed by atoms with Crippen molar-refractivity contribution in [3.63, 3.8) is 0 Å². The number of amides is 2. The molecule has 2 aromatic carbocycles. The lowest BCUT2D eigenvalue weighted by Gasteiger charge is -2.17. The smallest absolute Gasteiger partial charge is 0.407 e. The number of alkyl carbamates (subject to hydrolysis) is 1. The minimum Gasteiger partial charge on any atom is -0.445 e. The summed E-state index contributed by atoms with van der Waals surface area (Å²) in [5, 5.41) is 24.3. The van der Waals surface area contributed by atoms with Gasteiger partial charge in [0.05, 0.1) is 17.1 Å². The van der Waals surface area contributed by atoms with Gasteiger partial charge in [0.15, 0.2) is 0 Å². The number of nitrogen functional groups attached to an aromatic ring is 1. The largest absolute Gasteiger partial charge is 0.445 e. The number of nitrogens with zero attached hydrogens (tertiary/aromatic N) is 4. The van der Waals surface area contributed by atoms with Crippen LogP contribution in [0.1, 0.15) is 46.4 Å². The maximum Gasteiger partial charge on any atom is 0.407 e. The van der Waals surface area contributed by atoms with Crippen molar-refractivity contribution in [2.75, 3.05) is 31.2 Å². The lowest BCUT2D eigenvalue weighted by atomic mass is 10.1. The summed E-state index contributed by atoms with van der Waals surface area (Å²) >= 11 is 0. The fourth-order valence-corrected chi connectivity index (χ4v) is 4.13. The summed E-state index contributed by atoms with van der Waals surface area (Å²) in [5.74, 6) is -0.297. The number of para-hydroxylation sites is 2. The Hall–Kier alpha value is -4.64. The normalized spacial score (nSPS) is 10.6. The van der Waals surface area contributed by atoms with Crippen LogP contribution in [0.5, 0.6) is 0 Å². The minimum absolute atomic E-state index is 0. The molecule has 2 amide bonds. The number of hydrogen-bond donors (Lipinski definition) is 3. The molecule has 48 heavy (non-hydrogen) atoms. The summed E-state index contributed by atoms with van der Waals surface area (Å²) in [6.07, 6.45) is 1.47. The molecule has 0 fully saturated rings. The molecule has 0 spiro atoms. The van der Waals surface area contributed by atoms with Crippen LogP contribution in [0.4, 0.5) is 16.2 Å². The summed E-state index contributed by atoms with van der Waals surface area (Å²) in [5.41, 5.74) is 9.60. The molecule has 3 aromatic rings. The van der Waals surface area contributed by atoms with Gasteiger partial charge in [-0.15, -0.1) is 57.4 Å². The molecule has 0 radical (unpaired) electrons. The summed E-state index contributed by atoms with van der Waals surface area (Å²) in [4.78, 5) is 60.6. The maximum absolute atomic E-state index is 12.5. The number of carbonyl (C=O) groups is 2. The van der Waals surface area contributed by atoms with Crippen molar-refractivity contribution in [3.8, 4) is 0 Å². The van der Waals surface area contributed by atoms with Crippen molar-refractivity contribution in [1.82, 2.24) is 15.2 Å². The topological polar surface area (TPSA) is 214 Å². The van der Waals surface area contributed by atoms with Gasteiger partial charge in [-0.3, -0.25) is 9.78 Å². The highest BCUT2D eigenvalue weighted by molar-refractivity contribution is 6.05. The Morgan fingerprint density at radius 1 is 0.958 bits per heavy atom. The van der Waals surface area contributed by atoms with E-state index in [4.69, 9.17) is 10.5 Å². The van der Waals surface area contributed by atoms with Crippen molar-refractivity contribution in [3.05, 3.63) is 109 Å². The van der Waals surface area contributed by atoms with Crippen molar-refractivity contribution >= 4 is 60.6 Å². The zero-order valence-corrected chi connectivity index (χ0v) is 28.3. The van der Waals surface area contributed by atoms with Crippen molar-refractivity contribution in [2.45, 2.75) is 45.1 Å². The van der Waals surface area contributed by atoms with Crippen LogP contribution in [0.15, 0.2) is 66.9 Å². The van der Waals surface area contributed by atoms with Gasteiger partial charge in [0.25, 0.3) is 16.1 Å². The highest BCUT2D eigenvalue weighted by Gasteiger charge is 2.16. The lowest BCUT2D eigenvalue weighted by Crippen LogP contribution is -2.25. The molecule has 0 saturated carbocycles. The van der Waals surface area contributed by atoms with Gasteiger partial charge >= 0.3 is 6.09 Å². The number of anilines is 2. The predicted octanol–water partition coefficient (Wildman–Crippen LogP) is 5.00. The number of carbonyl (C=O) groups excluding carboxylic acids is 2. The maximum atomic E-state index is 12.5. The minimum atomic E-state index is -1.01. The molecular weight excluding hydrogens is 697 g/mol. The van der Waals surface area contributed by atoms with Gasteiger partial charge in [0, 0.05) is 30.4 Å². The molecule has 0 aliphatic heterocycles. The van der Waals surface area contributed by atoms with Crippen LogP contribution in [0.2, 0.25) is 0 Å². The number of ether oxygens (including phenoxy) is 1. The zero-order valence-electron chi connectivity index (χ0n) is 25.9. The summed E-state index contributed by atoms with van der Waals surface area (Å²) < 4.78 is 5.27.